The number of benzene rings is 1. The van der Waals surface area contributed by atoms with Crippen LogP contribution in [0.4, 0.5) is 8.78 Å². The van der Waals surface area contributed by atoms with Crippen molar-refractivity contribution < 1.29 is 18.6 Å². The lowest BCUT2D eigenvalue weighted by atomic mass is 10.1. The van der Waals surface area contributed by atoms with Gasteiger partial charge in [-0.25, -0.2) is 8.78 Å². The van der Waals surface area contributed by atoms with Crippen molar-refractivity contribution in [1.29, 1.82) is 0 Å². The lowest BCUT2D eigenvalue weighted by Gasteiger charge is -2.11. The number of aliphatic hydroxyl groups excluding tert-OH is 1. The third-order valence-electron chi connectivity index (χ3n) is 1.97. The number of hydrogen-bond acceptors (Lipinski definition) is 2. The summed E-state index contributed by atoms with van der Waals surface area (Å²) >= 11 is 3.23. The topological polar surface area (TPSA) is 29.5 Å². The Bertz CT molecular complexity index is 331. The summed E-state index contributed by atoms with van der Waals surface area (Å²) in [5, 5.41) is 9.06. The molecule has 1 atom stereocenters. The van der Waals surface area contributed by atoms with E-state index in [1.165, 1.54) is 7.11 Å². The SMILES string of the molecule is COc1ccc(Br)c(CC(O)C(F)F)c1. The summed E-state index contributed by atoms with van der Waals surface area (Å²) in [7, 11) is 1.50. The summed E-state index contributed by atoms with van der Waals surface area (Å²) in [6.45, 7) is 0. The van der Waals surface area contributed by atoms with E-state index in [9.17, 15) is 8.78 Å². The minimum absolute atomic E-state index is 0.102. The number of aliphatic hydroxyl groups is 1. The minimum atomic E-state index is -2.73. The van der Waals surface area contributed by atoms with E-state index in [2.05, 4.69) is 15.9 Å². The van der Waals surface area contributed by atoms with Crippen molar-refractivity contribution in [3.8, 4) is 5.75 Å². The molecule has 0 saturated carbocycles. The molecule has 15 heavy (non-hydrogen) atoms. The van der Waals surface area contributed by atoms with Gasteiger partial charge in [0.15, 0.2) is 0 Å². The lowest BCUT2D eigenvalue weighted by Crippen LogP contribution is -2.20. The number of ether oxygens (including phenoxy) is 1. The molecule has 0 bridgehead atoms. The standard InChI is InChI=1S/C10H11BrF2O2/c1-15-7-2-3-8(11)6(4-7)5-9(14)10(12)13/h2-4,9-10,14H,5H2,1H3. The third-order valence-corrected chi connectivity index (χ3v) is 2.75. The van der Waals surface area contributed by atoms with Gasteiger partial charge in [-0.3, -0.25) is 0 Å². The van der Waals surface area contributed by atoms with Crippen LogP contribution in [0.1, 0.15) is 5.56 Å². The summed E-state index contributed by atoms with van der Waals surface area (Å²) in [5.74, 6) is 0.578. The molecule has 2 nitrogen and oxygen atoms in total. The molecule has 0 saturated heterocycles. The van der Waals surface area contributed by atoms with Crippen LogP contribution in [0.15, 0.2) is 22.7 Å². The molecule has 0 heterocycles. The molecule has 0 aliphatic carbocycles. The summed E-state index contributed by atoms with van der Waals surface area (Å²) in [4.78, 5) is 0. The van der Waals surface area contributed by atoms with Crippen molar-refractivity contribution in [1.82, 2.24) is 0 Å². The van der Waals surface area contributed by atoms with Crippen LogP contribution in [-0.4, -0.2) is 24.7 Å². The molecule has 0 aliphatic rings. The normalized spacial score (nSPS) is 12.9. The van der Waals surface area contributed by atoms with Crippen molar-refractivity contribution in [3.05, 3.63) is 28.2 Å². The molecule has 0 spiro atoms. The zero-order chi connectivity index (χ0) is 11.4. The average Bonchev–Trinajstić information content (AvgIpc) is 2.21. The van der Waals surface area contributed by atoms with Gasteiger partial charge in [0.2, 0.25) is 0 Å². The Balaban J connectivity index is 2.83. The second-order valence-electron chi connectivity index (χ2n) is 3.06. The highest BCUT2D eigenvalue weighted by atomic mass is 79.9. The molecule has 0 amide bonds. The van der Waals surface area contributed by atoms with Gasteiger partial charge >= 0.3 is 0 Å². The van der Waals surface area contributed by atoms with Crippen LogP contribution >= 0.6 is 15.9 Å². The van der Waals surface area contributed by atoms with Crippen LogP contribution in [0.5, 0.6) is 5.75 Å². The smallest absolute Gasteiger partial charge is 0.264 e. The van der Waals surface area contributed by atoms with E-state index < -0.39 is 12.5 Å². The summed E-state index contributed by atoms with van der Waals surface area (Å²) in [5.41, 5.74) is 0.599. The molecule has 0 aromatic heterocycles. The molecular weight excluding hydrogens is 270 g/mol. The first-order valence-corrected chi connectivity index (χ1v) is 5.12. The van der Waals surface area contributed by atoms with Crippen LogP contribution in [0.3, 0.4) is 0 Å². The lowest BCUT2D eigenvalue weighted by molar-refractivity contribution is -0.00375. The number of hydrogen-bond donors (Lipinski definition) is 1. The quantitative estimate of drug-likeness (QED) is 0.919. The second kappa shape index (κ2) is 5.42. The zero-order valence-corrected chi connectivity index (χ0v) is 9.67. The molecular formula is C10H11BrF2O2. The monoisotopic (exact) mass is 280 g/mol. The number of alkyl halides is 2. The highest BCUT2D eigenvalue weighted by Gasteiger charge is 2.18. The molecule has 0 fully saturated rings. The predicted molar refractivity (Wildman–Crippen MR) is 56.4 cm³/mol. The molecule has 1 rings (SSSR count). The number of halogens is 3. The first kappa shape index (κ1) is 12.4. The maximum Gasteiger partial charge on any atom is 0.264 e. The van der Waals surface area contributed by atoms with Gasteiger partial charge in [0.25, 0.3) is 6.43 Å². The Morgan fingerprint density at radius 3 is 2.67 bits per heavy atom. The van der Waals surface area contributed by atoms with Crippen molar-refractivity contribution in [2.24, 2.45) is 0 Å². The van der Waals surface area contributed by atoms with Crippen molar-refractivity contribution >= 4 is 15.9 Å². The van der Waals surface area contributed by atoms with E-state index in [0.717, 1.165) is 0 Å². The molecule has 1 unspecified atom stereocenters. The molecule has 1 aromatic carbocycles. The second-order valence-corrected chi connectivity index (χ2v) is 3.92. The predicted octanol–water partition coefficient (Wildman–Crippen LogP) is 2.63. The summed E-state index contributed by atoms with van der Waals surface area (Å²) < 4.78 is 29.9. The fourth-order valence-electron chi connectivity index (χ4n) is 1.15. The zero-order valence-electron chi connectivity index (χ0n) is 8.08. The van der Waals surface area contributed by atoms with Crippen molar-refractivity contribution in [2.45, 2.75) is 19.0 Å². The van der Waals surface area contributed by atoms with E-state index in [1.54, 1.807) is 18.2 Å². The molecule has 0 aliphatic heterocycles. The van der Waals surface area contributed by atoms with Crippen LogP contribution in [0.2, 0.25) is 0 Å². The van der Waals surface area contributed by atoms with Gasteiger partial charge in [0, 0.05) is 10.9 Å². The fourth-order valence-corrected chi connectivity index (χ4v) is 1.56. The van der Waals surface area contributed by atoms with Crippen LogP contribution in [0.25, 0.3) is 0 Å². The number of methoxy groups -OCH3 is 1. The fraction of sp³-hybridized carbons (Fsp3) is 0.400. The average molecular weight is 281 g/mol. The third kappa shape index (κ3) is 3.43. The Hall–Kier alpha value is -0.680. The first-order chi connectivity index (χ1) is 7.04. The molecule has 0 radical (unpaired) electrons. The van der Waals surface area contributed by atoms with Crippen LogP contribution in [-0.2, 0) is 6.42 Å². The van der Waals surface area contributed by atoms with E-state index in [4.69, 9.17) is 9.84 Å². The van der Waals surface area contributed by atoms with E-state index in [1.807, 2.05) is 0 Å². The Morgan fingerprint density at radius 1 is 1.47 bits per heavy atom. The van der Waals surface area contributed by atoms with Crippen LogP contribution < -0.4 is 4.74 Å². The van der Waals surface area contributed by atoms with E-state index in [-0.39, 0.29) is 6.42 Å². The highest BCUT2D eigenvalue weighted by molar-refractivity contribution is 9.10. The Morgan fingerprint density at radius 2 is 2.13 bits per heavy atom. The highest BCUT2D eigenvalue weighted by Crippen LogP contribution is 2.24. The molecule has 84 valence electrons. The van der Waals surface area contributed by atoms with Gasteiger partial charge in [-0.1, -0.05) is 15.9 Å². The van der Waals surface area contributed by atoms with E-state index >= 15 is 0 Å². The van der Waals surface area contributed by atoms with Gasteiger partial charge < -0.3 is 9.84 Å². The minimum Gasteiger partial charge on any atom is -0.497 e. The molecule has 1 aromatic rings. The molecule has 1 N–H and O–H groups in total. The van der Waals surface area contributed by atoms with Crippen molar-refractivity contribution in [3.63, 3.8) is 0 Å². The van der Waals surface area contributed by atoms with Crippen molar-refractivity contribution in [2.75, 3.05) is 7.11 Å². The largest absolute Gasteiger partial charge is 0.497 e. The van der Waals surface area contributed by atoms with Gasteiger partial charge in [0.05, 0.1) is 7.11 Å². The maximum atomic E-state index is 12.1. The van der Waals surface area contributed by atoms with Gasteiger partial charge in [0.1, 0.15) is 11.9 Å². The summed E-state index contributed by atoms with van der Waals surface area (Å²) in [6, 6.07) is 5.03. The summed E-state index contributed by atoms with van der Waals surface area (Å²) in [6.07, 6.45) is -4.48. The first-order valence-electron chi connectivity index (χ1n) is 4.33. The van der Waals surface area contributed by atoms with Gasteiger partial charge in [-0.05, 0) is 23.8 Å². The van der Waals surface area contributed by atoms with E-state index in [0.29, 0.717) is 15.8 Å². The maximum absolute atomic E-state index is 12.1. The Labute approximate surface area is 95.0 Å². The number of rotatable bonds is 4. The molecule has 5 heteroatoms. The van der Waals surface area contributed by atoms with Gasteiger partial charge in [-0.15, -0.1) is 0 Å². The van der Waals surface area contributed by atoms with Gasteiger partial charge in [-0.2, -0.15) is 0 Å². The Kier molecular flexibility index (Phi) is 4.47. The van der Waals surface area contributed by atoms with Crippen LogP contribution in [0, 0.1) is 0 Å².